The molecule has 4 rings (SSSR count). The van der Waals surface area contributed by atoms with E-state index in [1.807, 2.05) is 12.1 Å². The molecule has 5 nitrogen and oxygen atoms in total. The minimum absolute atomic E-state index is 0.195. The summed E-state index contributed by atoms with van der Waals surface area (Å²) >= 11 is 0. The summed E-state index contributed by atoms with van der Waals surface area (Å²) in [6.07, 6.45) is 0.582. The first-order valence-electron chi connectivity index (χ1n) is 8.06. The summed E-state index contributed by atoms with van der Waals surface area (Å²) in [7, 11) is 0. The van der Waals surface area contributed by atoms with Crippen molar-refractivity contribution in [1.82, 2.24) is 20.2 Å². The highest BCUT2D eigenvalue weighted by atomic mass is 16.1. The van der Waals surface area contributed by atoms with Crippen molar-refractivity contribution in [1.29, 1.82) is 0 Å². The minimum atomic E-state index is -0.195. The molecule has 0 aliphatic carbocycles. The molecule has 0 bridgehead atoms. The van der Waals surface area contributed by atoms with Gasteiger partial charge in [0.15, 0.2) is 5.52 Å². The second-order valence-electron chi connectivity index (χ2n) is 6.36. The first kappa shape index (κ1) is 14.6. The number of H-pyrrole nitrogens is 2. The molecule has 24 heavy (non-hydrogen) atoms. The van der Waals surface area contributed by atoms with Gasteiger partial charge in [0, 0.05) is 6.42 Å². The predicted molar refractivity (Wildman–Crippen MR) is 95.4 cm³/mol. The van der Waals surface area contributed by atoms with Crippen LogP contribution in [-0.2, 0) is 6.42 Å². The molecule has 4 aromatic rings. The molecule has 0 fully saturated rings. The molecule has 2 heterocycles. The van der Waals surface area contributed by atoms with Gasteiger partial charge >= 0.3 is 0 Å². The van der Waals surface area contributed by atoms with Gasteiger partial charge in [0.1, 0.15) is 11.3 Å². The van der Waals surface area contributed by atoms with Gasteiger partial charge in [0.2, 0.25) is 0 Å². The van der Waals surface area contributed by atoms with E-state index in [-0.39, 0.29) is 11.5 Å². The normalized spacial score (nSPS) is 11.6. The number of benzene rings is 2. The van der Waals surface area contributed by atoms with Crippen molar-refractivity contribution in [2.24, 2.45) is 0 Å². The number of aromatic amines is 2. The van der Waals surface area contributed by atoms with Crippen molar-refractivity contribution >= 4 is 21.8 Å². The molecule has 2 aromatic carbocycles. The van der Waals surface area contributed by atoms with Gasteiger partial charge in [-0.15, -0.1) is 0 Å². The lowest BCUT2D eigenvalue weighted by atomic mass is 10.0. The van der Waals surface area contributed by atoms with Crippen molar-refractivity contribution in [3.05, 3.63) is 69.9 Å². The number of hydrogen-bond donors (Lipinski definition) is 2. The van der Waals surface area contributed by atoms with E-state index in [1.165, 1.54) is 10.8 Å². The van der Waals surface area contributed by atoms with Crippen LogP contribution >= 0.6 is 0 Å². The molecular weight excluding hydrogens is 300 g/mol. The fraction of sp³-hybridized carbons (Fsp3) is 0.211. The van der Waals surface area contributed by atoms with E-state index in [2.05, 4.69) is 64.3 Å². The van der Waals surface area contributed by atoms with E-state index in [9.17, 15) is 4.79 Å². The van der Waals surface area contributed by atoms with Crippen LogP contribution in [0.15, 0.2) is 47.3 Å². The molecule has 5 heteroatoms. The zero-order chi connectivity index (χ0) is 16.7. The third kappa shape index (κ3) is 2.48. The summed E-state index contributed by atoms with van der Waals surface area (Å²) in [6.45, 7) is 4.11. The lowest BCUT2D eigenvalue weighted by Gasteiger charge is -2.05. The van der Waals surface area contributed by atoms with E-state index in [4.69, 9.17) is 0 Å². The molecule has 0 atom stereocenters. The van der Waals surface area contributed by atoms with Gasteiger partial charge in [-0.25, -0.2) is 4.98 Å². The minimum Gasteiger partial charge on any atom is -0.308 e. The number of hydrogen-bond acceptors (Lipinski definition) is 3. The van der Waals surface area contributed by atoms with E-state index in [0.717, 1.165) is 11.3 Å². The lowest BCUT2D eigenvalue weighted by Crippen LogP contribution is -2.12. The maximum atomic E-state index is 12.3. The van der Waals surface area contributed by atoms with E-state index in [1.54, 1.807) is 0 Å². The highest BCUT2D eigenvalue weighted by molar-refractivity contribution is 5.83. The zero-order valence-corrected chi connectivity index (χ0v) is 13.6. The van der Waals surface area contributed by atoms with Crippen LogP contribution in [0.5, 0.6) is 0 Å². The van der Waals surface area contributed by atoms with Crippen molar-refractivity contribution in [2.75, 3.05) is 0 Å². The van der Waals surface area contributed by atoms with Crippen molar-refractivity contribution < 1.29 is 0 Å². The maximum absolute atomic E-state index is 12.3. The molecule has 0 saturated heterocycles. The third-order valence-corrected chi connectivity index (χ3v) is 4.25. The van der Waals surface area contributed by atoms with Crippen LogP contribution in [0.3, 0.4) is 0 Å². The Hall–Kier alpha value is -2.95. The summed E-state index contributed by atoms with van der Waals surface area (Å²) in [5, 5.41) is 9.42. The van der Waals surface area contributed by atoms with Gasteiger partial charge in [-0.1, -0.05) is 56.3 Å². The van der Waals surface area contributed by atoms with Crippen LogP contribution in [0.2, 0.25) is 0 Å². The summed E-state index contributed by atoms with van der Waals surface area (Å²) in [4.78, 5) is 19.8. The summed E-state index contributed by atoms with van der Waals surface area (Å²) in [5.41, 5.74) is 2.87. The summed E-state index contributed by atoms with van der Waals surface area (Å²) in [6, 6.07) is 14.5. The maximum Gasteiger partial charge on any atom is 0.279 e. The van der Waals surface area contributed by atoms with Crippen LogP contribution in [0.25, 0.3) is 21.8 Å². The average molecular weight is 318 g/mol. The highest BCUT2D eigenvalue weighted by Gasteiger charge is 2.14. The van der Waals surface area contributed by atoms with Gasteiger partial charge in [-0.05, 0) is 22.3 Å². The van der Waals surface area contributed by atoms with Crippen LogP contribution in [0.1, 0.15) is 36.8 Å². The largest absolute Gasteiger partial charge is 0.308 e. The zero-order valence-electron chi connectivity index (χ0n) is 13.6. The Kier molecular flexibility index (Phi) is 3.41. The van der Waals surface area contributed by atoms with Crippen LogP contribution < -0.4 is 5.56 Å². The molecule has 0 radical (unpaired) electrons. The van der Waals surface area contributed by atoms with Gasteiger partial charge in [-0.2, -0.15) is 5.10 Å². The Balaban J connectivity index is 1.78. The lowest BCUT2D eigenvalue weighted by molar-refractivity contribution is 0.814. The van der Waals surface area contributed by atoms with Crippen molar-refractivity contribution in [3.8, 4) is 0 Å². The smallest absolute Gasteiger partial charge is 0.279 e. The number of nitrogens with one attached hydrogen (secondary N) is 2. The number of nitrogens with zero attached hydrogens (tertiary/aromatic N) is 2. The molecule has 120 valence electrons. The monoisotopic (exact) mass is 318 g/mol. The second kappa shape index (κ2) is 5.60. The number of fused-ring (bicyclic) bond motifs is 2. The van der Waals surface area contributed by atoms with Crippen LogP contribution in [-0.4, -0.2) is 20.2 Å². The predicted octanol–water partition coefficient (Wildman–Crippen LogP) is 3.51. The quantitative estimate of drug-likeness (QED) is 0.607. The van der Waals surface area contributed by atoms with Gasteiger partial charge in [0.25, 0.3) is 5.56 Å². The summed E-state index contributed by atoms with van der Waals surface area (Å²) < 4.78 is 0. The standard InChI is InChI=1S/C19H18N4O/c1-11(2)16-17-18(23-22-16)19(24)21-15(20-17)10-12-7-8-13-5-3-4-6-14(13)9-12/h3-9,11H,10H2,1-2H3,(H,22,23)(H,20,21,24). The molecular formula is C19H18N4O. The third-order valence-electron chi connectivity index (χ3n) is 4.25. The van der Waals surface area contributed by atoms with E-state index < -0.39 is 0 Å². The molecule has 0 aliphatic heterocycles. The molecule has 0 spiro atoms. The van der Waals surface area contributed by atoms with E-state index in [0.29, 0.717) is 23.3 Å². The molecule has 0 unspecified atom stereocenters. The fourth-order valence-corrected chi connectivity index (χ4v) is 3.00. The topological polar surface area (TPSA) is 74.4 Å². The second-order valence-corrected chi connectivity index (χ2v) is 6.36. The fourth-order valence-electron chi connectivity index (χ4n) is 3.00. The first-order valence-corrected chi connectivity index (χ1v) is 8.06. The first-order chi connectivity index (χ1) is 11.6. The average Bonchev–Trinajstić information content (AvgIpc) is 2.99. The van der Waals surface area contributed by atoms with Gasteiger partial charge < -0.3 is 4.98 Å². The molecule has 2 aromatic heterocycles. The van der Waals surface area contributed by atoms with E-state index >= 15 is 0 Å². The van der Waals surface area contributed by atoms with Crippen molar-refractivity contribution in [3.63, 3.8) is 0 Å². The Morgan fingerprint density at radius 2 is 1.83 bits per heavy atom. The summed E-state index contributed by atoms with van der Waals surface area (Å²) in [5.74, 6) is 0.893. The van der Waals surface area contributed by atoms with Crippen LogP contribution in [0, 0.1) is 0 Å². The number of aromatic nitrogens is 4. The highest BCUT2D eigenvalue weighted by Crippen LogP contribution is 2.20. The Morgan fingerprint density at radius 3 is 2.62 bits per heavy atom. The number of rotatable bonds is 3. The molecule has 0 saturated carbocycles. The Morgan fingerprint density at radius 1 is 1.04 bits per heavy atom. The molecule has 2 N–H and O–H groups in total. The SMILES string of the molecule is CC(C)c1[nH]nc2c(=O)[nH]c(Cc3ccc4ccccc4c3)nc12. The van der Waals surface area contributed by atoms with Gasteiger partial charge in [0.05, 0.1) is 5.69 Å². The Labute approximate surface area is 138 Å². The van der Waals surface area contributed by atoms with Crippen molar-refractivity contribution in [2.45, 2.75) is 26.2 Å². The molecule has 0 amide bonds. The Bertz CT molecular complexity index is 1090. The molecule has 0 aliphatic rings. The van der Waals surface area contributed by atoms with Gasteiger partial charge in [-0.3, -0.25) is 9.89 Å². The van der Waals surface area contributed by atoms with Crippen LogP contribution in [0.4, 0.5) is 0 Å².